The summed E-state index contributed by atoms with van der Waals surface area (Å²) in [6, 6.07) is 7.37. The van der Waals surface area contributed by atoms with Crippen LogP contribution in [0.1, 0.15) is 44.9 Å². The van der Waals surface area contributed by atoms with Gasteiger partial charge >= 0.3 is 0 Å². The average Bonchev–Trinajstić information content (AvgIpc) is 3.44. The molecule has 10 nitrogen and oxygen atoms in total. The van der Waals surface area contributed by atoms with Crippen LogP contribution in [0.3, 0.4) is 0 Å². The number of rotatable bonds is 11. The molecule has 1 aliphatic heterocycles. The van der Waals surface area contributed by atoms with Crippen LogP contribution in [0, 0.1) is 12.3 Å². The average molecular weight is 531 g/mol. The molecule has 202 valence electrons. The maximum Gasteiger partial charge on any atom is 0.251 e. The molecule has 0 spiro atoms. The van der Waals surface area contributed by atoms with Gasteiger partial charge in [0.1, 0.15) is 11.9 Å². The highest BCUT2D eigenvalue weighted by molar-refractivity contribution is 7.13. The molecular weight excluding hydrogens is 492 g/mol. The Labute approximate surface area is 222 Å². The third kappa shape index (κ3) is 8.06. The number of β-amino-alcohol motifs (C(OH)–C–C–N with tert-alkyl or cyclic N) is 1. The number of nitrogens with zero attached hydrogens (tertiary/aromatic N) is 3. The zero-order valence-electron chi connectivity index (χ0n) is 22.0. The molecule has 3 rings (SSSR count). The topological polar surface area (TPSA) is 142 Å². The van der Waals surface area contributed by atoms with E-state index in [1.807, 2.05) is 45.3 Å². The van der Waals surface area contributed by atoms with Gasteiger partial charge in [-0.3, -0.25) is 14.5 Å². The Morgan fingerprint density at radius 1 is 1.30 bits per heavy atom. The van der Waals surface area contributed by atoms with E-state index in [9.17, 15) is 14.7 Å². The van der Waals surface area contributed by atoms with Crippen molar-refractivity contribution in [2.75, 3.05) is 26.3 Å². The number of carbonyl (C=O) groups is 2. The Hall–Kier alpha value is -2.86. The number of amides is 2. The van der Waals surface area contributed by atoms with Crippen LogP contribution < -0.4 is 16.5 Å². The zero-order chi connectivity index (χ0) is 27.0. The van der Waals surface area contributed by atoms with E-state index in [1.54, 1.807) is 11.3 Å². The van der Waals surface area contributed by atoms with Crippen molar-refractivity contribution >= 4 is 29.0 Å². The van der Waals surface area contributed by atoms with Gasteiger partial charge in [-0.1, -0.05) is 45.0 Å². The summed E-state index contributed by atoms with van der Waals surface area (Å²) in [7, 11) is 0. The standard InChI is InChI=1S/C26H38N6O4S/c1-17-23(37-16-28-17)19-7-5-18(6-8-19)14-29-31-21-13-20(33)15-32(21)25(35)24(26(2,3)4)30-22(34)9-11-36-12-10-27/h5-8,16,20,24,29,33H,9-15,27H2,1-4H3,(H,30,34)/b31-21+/t20-,24-/m1/s1. The molecule has 5 N–H and O–H groups in total. The van der Waals surface area contributed by atoms with Gasteiger partial charge in [0, 0.05) is 19.4 Å². The van der Waals surface area contributed by atoms with E-state index in [0.717, 1.165) is 21.7 Å². The number of likely N-dealkylation sites (tertiary alicyclic amines) is 1. The smallest absolute Gasteiger partial charge is 0.251 e. The van der Waals surface area contributed by atoms with E-state index < -0.39 is 17.6 Å². The van der Waals surface area contributed by atoms with Gasteiger partial charge in [-0.15, -0.1) is 11.3 Å². The fourth-order valence-corrected chi connectivity index (χ4v) is 4.80. The number of ether oxygens (including phenoxy) is 1. The zero-order valence-corrected chi connectivity index (χ0v) is 22.8. The highest BCUT2D eigenvalue weighted by atomic mass is 32.1. The lowest BCUT2D eigenvalue weighted by atomic mass is 9.85. The van der Waals surface area contributed by atoms with Crippen LogP contribution in [-0.4, -0.2) is 71.1 Å². The molecule has 2 amide bonds. The highest BCUT2D eigenvalue weighted by Crippen LogP contribution is 2.27. The quantitative estimate of drug-likeness (QED) is 0.257. The number of nitrogens with two attached hydrogens (primary N) is 1. The number of aliphatic hydroxyl groups is 1. The van der Waals surface area contributed by atoms with E-state index in [4.69, 9.17) is 10.5 Å². The Balaban J connectivity index is 1.63. The van der Waals surface area contributed by atoms with Crippen molar-refractivity contribution < 1.29 is 19.4 Å². The first kappa shape index (κ1) is 28.7. The molecule has 11 heteroatoms. The summed E-state index contributed by atoms with van der Waals surface area (Å²) in [6.07, 6.45) is -0.334. The van der Waals surface area contributed by atoms with Crippen LogP contribution in [-0.2, 0) is 20.9 Å². The molecule has 2 aromatic rings. The summed E-state index contributed by atoms with van der Waals surface area (Å²) in [6.45, 7) is 9.25. The van der Waals surface area contributed by atoms with Gasteiger partial charge < -0.3 is 26.3 Å². The van der Waals surface area contributed by atoms with Gasteiger partial charge in [0.15, 0.2) is 0 Å². The van der Waals surface area contributed by atoms with Gasteiger partial charge in [-0.2, -0.15) is 5.10 Å². The lowest BCUT2D eigenvalue weighted by Gasteiger charge is -2.33. The van der Waals surface area contributed by atoms with Crippen molar-refractivity contribution in [2.45, 2.75) is 59.2 Å². The van der Waals surface area contributed by atoms with Crippen LogP contribution in [0.2, 0.25) is 0 Å². The Morgan fingerprint density at radius 3 is 2.65 bits per heavy atom. The van der Waals surface area contributed by atoms with E-state index in [-0.39, 0.29) is 37.8 Å². The van der Waals surface area contributed by atoms with Crippen LogP contribution in [0.4, 0.5) is 0 Å². The molecular formula is C26H38N6O4S. The van der Waals surface area contributed by atoms with Crippen LogP contribution in [0.25, 0.3) is 10.4 Å². The maximum atomic E-state index is 13.5. The second-order valence-electron chi connectivity index (χ2n) is 10.2. The number of hydrogen-bond donors (Lipinski definition) is 4. The molecule has 1 saturated heterocycles. The second-order valence-corrected chi connectivity index (χ2v) is 11.0. The van der Waals surface area contributed by atoms with Gasteiger partial charge in [0.05, 0.1) is 48.5 Å². The van der Waals surface area contributed by atoms with E-state index in [0.29, 0.717) is 25.5 Å². The minimum atomic E-state index is -0.784. The number of carbonyl (C=O) groups excluding carboxylic acids is 2. The van der Waals surface area contributed by atoms with E-state index in [1.165, 1.54) is 4.90 Å². The van der Waals surface area contributed by atoms with Crippen molar-refractivity contribution in [3.05, 3.63) is 41.0 Å². The van der Waals surface area contributed by atoms with Crippen LogP contribution in [0.5, 0.6) is 0 Å². The molecule has 0 saturated carbocycles. The predicted molar refractivity (Wildman–Crippen MR) is 145 cm³/mol. The third-order valence-corrected chi connectivity index (χ3v) is 6.97. The molecule has 2 heterocycles. The Kier molecular flexibility index (Phi) is 10.2. The van der Waals surface area contributed by atoms with E-state index in [2.05, 4.69) is 33.0 Å². The summed E-state index contributed by atoms with van der Waals surface area (Å²) in [5.74, 6) is -0.132. The third-order valence-electron chi connectivity index (χ3n) is 6.00. The first-order valence-electron chi connectivity index (χ1n) is 12.5. The number of aliphatic hydroxyl groups excluding tert-OH is 1. The van der Waals surface area contributed by atoms with Crippen molar-refractivity contribution in [1.82, 2.24) is 20.6 Å². The SMILES string of the molecule is Cc1ncsc1-c1ccc(CN/N=C2\C[C@@H](O)CN2C(=O)[C@@H](NC(=O)CCOCCN)C(C)(C)C)cc1. The molecule has 0 aliphatic carbocycles. The highest BCUT2D eigenvalue weighted by Gasteiger charge is 2.40. The summed E-state index contributed by atoms with van der Waals surface area (Å²) < 4.78 is 5.28. The number of benzene rings is 1. The van der Waals surface area contributed by atoms with Crippen molar-refractivity contribution in [3.8, 4) is 10.4 Å². The molecule has 0 unspecified atom stereocenters. The number of aryl methyl sites for hydroxylation is 1. The van der Waals surface area contributed by atoms with Crippen LogP contribution >= 0.6 is 11.3 Å². The van der Waals surface area contributed by atoms with Crippen LogP contribution in [0.15, 0.2) is 34.9 Å². The van der Waals surface area contributed by atoms with Gasteiger partial charge in [0.25, 0.3) is 5.91 Å². The predicted octanol–water partition coefficient (Wildman–Crippen LogP) is 2.01. The van der Waals surface area contributed by atoms with Crippen molar-refractivity contribution in [2.24, 2.45) is 16.3 Å². The fraction of sp³-hybridized carbons (Fsp3) is 0.538. The summed E-state index contributed by atoms with van der Waals surface area (Å²) in [4.78, 5) is 32.9. The molecule has 0 radical (unpaired) electrons. The molecule has 1 aromatic carbocycles. The maximum absolute atomic E-state index is 13.5. The van der Waals surface area contributed by atoms with Gasteiger partial charge in [-0.05, 0) is 23.5 Å². The largest absolute Gasteiger partial charge is 0.391 e. The Bertz CT molecular complexity index is 1080. The summed E-state index contributed by atoms with van der Waals surface area (Å²) >= 11 is 1.61. The molecule has 2 atom stereocenters. The van der Waals surface area contributed by atoms with Crippen molar-refractivity contribution in [3.63, 3.8) is 0 Å². The minimum Gasteiger partial charge on any atom is -0.391 e. The number of hydrogen-bond acceptors (Lipinski definition) is 9. The number of thiazole rings is 1. The number of hydrazone groups is 1. The normalized spacial score (nSPS) is 17.7. The summed E-state index contributed by atoms with van der Waals surface area (Å²) in [5.41, 5.74) is 12.9. The lowest BCUT2D eigenvalue weighted by molar-refractivity contribution is -0.136. The Morgan fingerprint density at radius 2 is 2.03 bits per heavy atom. The first-order chi connectivity index (χ1) is 17.6. The molecule has 0 bridgehead atoms. The number of amidine groups is 1. The van der Waals surface area contributed by atoms with Gasteiger partial charge in [-0.25, -0.2) is 4.98 Å². The van der Waals surface area contributed by atoms with Crippen molar-refractivity contribution in [1.29, 1.82) is 0 Å². The number of aromatic nitrogens is 1. The minimum absolute atomic E-state index is 0.129. The van der Waals surface area contributed by atoms with Gasteiger partial charge in [0.2, 0.25) is 5.91 Å². The summed E-state index contributed by atoms with van der Waals surface area (Å²) in [5, 5.41) is 17.6. The monoisotopic (exact) mass is 530 g/mol. The molecule has 1 fully saturated rings. The molecule has 1 aromatic heterocycles. The molecule has 1 aliphatic rings. The second kappa shape index (κ2) is 13.1. The number of nitrogens with one attached hydrogen (secondary N) is 2. The lowest BCUT2D eigenvalue weighted by Crippen LogP contribution is -2.55. The molecule has 37 heavy (non-hydrogen) atoms. The van der Waals surface area contributed by atoms with E-state index >= 15 is 0 Å². The fourth-order valence-electron chi connectivity index (χ4n) is 3.99. The first-order valence-corrected chi connectivity index (χ1v) is 13.3.